The van der Waals surface area contributed by atoms with Gasteiger partial charge in [0.1, 0.15) is 0 Å². The third-order valence-electron chi connectivity index (χ3n) is 3.12. The number of hydrogen-bond donors (Lipinski definition) is 0. The molecule has 0 saturated heterocycles. The molecule has 1 aliphatic heterocycles. The second-order valence-electron chi connectivity index (χ2n) is 4.19. The van der Waals surface area contributed by atoms with Crippen molar-refractivity contribution in [3.63, 3.8) is 0 Å². The second-order valence-corrected chi connectivity index (χ2v) is 5.07. The van der Waals surface area contributed by atoms with Gasteiger partial charge in [0.2, 0.25) is 0 Å². The van der Waals surface area contributed by atoms with Crippen molar-refractivity contribution in [1.29, 1.82) is 0 Å². The summed E-state index contributed by atoms with van der Waals surface area (Å²) in [5.41, 5.74) is 1.56. The lowest BCUT2D eigenvalue weighted by Crippen LogP contribution is -2.29. The molecule has 0 aromatic heterocycles. The van der Waals surface area contributed by atoms with Gasteiger partial charge in [0.05, 0.1) is 16.8 Å². The van der Waals surface area contributed by atoms with Crippen molar-refractivity contribution in [2.75, 3.05) is 11.2 Å². The zero-order valence-electron chi connectivity index (χ0n) is 10.3. The van der Waals surface area contributed by atoms with E-state index >= 15 is 0 Å². The van der Waals surface area contributed by atoms with Gasteiger partial charge in [-0.2, -0.15) is 0 Å². The molecule has 19 heavy (non-hydrogen) atoms. The van der Waals surface area contributed by atoms with Crippen LogP contribution >= 0.6 is 11.8 Å². The topological polar surface area (TPSA) is 37.4 Å². The van der Waals surface area contributed by atoms with Crippen molar-refractivity contribution in [2.24, 2.45) is 0 Å². The van der Waals surface area contributed by atoms with E-state index in [0.717, 1.165) is 4.90 Å². The molecule has 0 radical (unpaired) electrons. The van der Waals surface area contributed by atoms with E-state index in [4.69, 9.17) is 0 Å². The van der Waals surface area contributed by atoms with Gasteiger partial charge < -0.3 is 0 Å². The van der Waals surface area contributed by atoms with Crippen molar-refractivity contribution >= 4 is 29.3 Å². The van der Waals surface area contributed by atoms with Crippen LogP contribution in [0, 0.1) is 0 Å². The molecule has 2 amide bonds. The van der Waals surface area contributed by atoms with Gasteiger partial charge in [0, 0.05) is 4.90 Å². The van der Waals surface area contributed by atoms with Crippen molar-refractivity contribution in [2.45, 2.75) is 4.90 Å². The lowest BCUT2D eigenvalue weighted by atomic mass is 10.1. The van der Waals surface area contributed by atoms with Crippen molar-refractivity contribution in [3.8, 4) is 0 Å². The third kappa shape index (κ3) is 1.85. The second kappa shape index (κ2) is 4.55. The molecule has 0 spiro atoms. The van der Waals surface area contributed by atoms with Crippen LogP contribution in [0.2, 0.25) is 0 Å². The number of fused-ring (bicyclic) bond motifs is 1. The summed E-state index contributed by atoms with van der Waals surface area (Å²) < 4.78 is 0. The Bertz CT molecular complexity index is 629. The zero-order valence-corrected chi connectivity index (χ0v) is 11.1. The molecule has 0 N–H and O–H groups in total. The number of amides is 2. The summed E-state index contributed by atoms with van der Waals surface area (Å²) in [4.78, 5) is 26.9. The average molecular weight is 269 g/mol. The summed E-state index contributed by atoms with van der Waals surface area (Å²) in [5.74, 6) is -0.505. The van der Waals surface area contributed by atoms with Crippen LogP contribution in [0.3, 0.4) is 0 Å². The Kier molecular flexibility index (Phi) is 2.87. The van der Waals surface area contributed by atoms with Crippen molar-refractivity contribution < 1.29 is 9.59 Å². The van der Waals surface area contributed by atoms with E-state index in [2.05, 4.69) is 0 Å². The van der Waals surface area contributed by atoms with Gasteiger partial charge in [-0.1, -0.05) is 12.1 Å². The lowest BCUT2D eigenvalue weighted by Gasteiger charge is -2.13. The molecule has 0 bridgehead atoms. The summed E-state index contributed by atoms with van der Waals surface area (Å²) in [6.45, 7) is 0. The van der Waals surface area contributed by atoms with Crippen LogP contribution in [0.25, 0.3) is 0 Å². The zero-order chi connectivity index (χ0) is 13.4. The Morgan fingerprint density at radius 2 is 1.37 bits per heavy atom. The first-order valence-electron chi connectivity index (χ1n) is 5.84. The first-order chi connectivity index (χ1) is 9.22. The van der Waals surface area contributed by atoms with Gasteiger partial charge >= 0.3 is 0 Å². The number of thioether (sulfide) groups is 1. The minimum Gasteiger partial charge on any atom is -0.268 e. The maximum absolute atomic E-state index is 12.3. The van der Waals surface area contributed by atoms with E-state index in [9.17, 15) is 9.59 Å². The van der Waals surface area contributed by atoms with Crippen LogP contribution in [-0.2, 0) is 0 Å². The maximum atomic E-state index is 12.3. The molecule has 0 atom stereocenters. The van der Waals surface area contributed by atoms with Crippen LogP contribution < -0.4 is 4.90 Å². The number of benzene rings is 2. The van der Waals surface area contributed by atoms with Crippen molar-refractivity contribution in [3.05, 3.63) is 59.7 Å². The van der Waals surface area contributed by atoms with E-state index in [0.29, 0.717) is 16.8 Å². The van der Waals surface area contributed by atoms with E-state index < -0.39 is 0 Å². The Labute approximate surface area is 115 Å². The molecule has 1 aliphatic rings. The van der Waals surface area contributed by atoms with Crippen LogP contribution in [0.1, 0.15) is 20.7 Å². The smallest absolute Gasteiger partial charge is 0.266 e. The molecule has 1 heterocycles. The fourth-order valence-corrected chi connectivity index (χ4v) is 2.56. The summed E-state index contributed by atoms with van der Waals surface area (Å²) in [7, 11) is 0. The molecule has 0 fully saturated rings. The number of nitrogens with zero attached hydrogens (tertiary/aromatic N) is 1. The number of rotatable bonds is 2. The quantitative estimate of drug-likeness (QED) is 0.620. The normalized spacial score (nSPS) is 13.8. The number of imide groups is 1. The summed E-state index contributed by atoms with van der Waals surface area (Å²) in [6.07, 6.45) is 1.98. The molecular weight excluding hydrogens is 258 g/mol. The molecule has 94 valence electrons. The monoisotopic (exact) mass is 269 g/mol. The minimum atomic E-state index is -0.252. The van der Waals surface area contributed by atoms with Crippen LogP contribution in [0.15, 0.2) is 53.4 Å². The Balaban J connectivity index is 2.03. The highest BCUT2D eigenvalue weighted by Crippen LogP contribution is 2.29. The number of carbonyl (C=O) groups excluding carboxylic acids is 2. The Hall–Kier alpha value is -2.07. The Morgan fingerprint density at radius 3 is 1.84 bits per heavy atom. The van der Waals surface area contributed by atoms with Gasteiger partial charge in [-0.25, -0.2) is 4.90 Å². The fourth-order valence-electron chi connectivity index (χ4n) is 2.16. The number of anilines is 1. The summed E-state index contributed by atoms with van der Waals surface area (Å²) >= 11 is 1.62. The first kappa shape index (κ1) is 12.0. The molecule has 0 unspecified atom stereocenters. The fraction of sp³-hybridized carbons (Fsp3) is 0.0667. The number of carbonyl (C=O) groups is 2. The van der Waals surface area contributed by atoms with E-state index in [-0.39, 0.29) is 11.8 Å². The standard InChI is InChI=1S/C15H11NO2S/c1-19-11-8-6-10(7-9-11)16-14(17)12-4-2-3-5-13(12)15(16)18/h2-9H,1H3. The highest BCUT2D eigenvalue weighted by molar-refractivity contribution is 7.98. The maximum Gasteiger partial charge on any atom is 0.266 e. The molecule has 0 aliphatic carbocycles. The van der Waals surface area contributed by atoms with Gasteiger partial charge in [0.15, 0.2) is 0 Å². The van der Waals surface area contributed by atoms with Crippen LogP contribution in [0.5, 0.6) is 0 Å². The molecular formula is C15H11NO2S. The predicted octanol–water partition coefficient (Wildman–Crippen LogP) is 3.21. The van der Waals surface area contributed by atoms with E-state index in [1.165, 1.54) is 4.90 Å². The van der Waals surface area contributed by atoms with Gasteiger partial charge in [-0.3, -0.25) is 9.59 Å². The minimum absolute atomic E-state index is 0.252. The van der Waals surface area contributed by atoms with Gasteiger partial charge in [-0.15, -0.1) is 11.8 Å². The van der Waals surface area contributed by atoms with Crippen LogP contribution in [0.4, 0.5) is 5.69 Å². The first-order valence-corrected chi connectivity index (χ1v) is 7.06. The number of hydrogen-bond acceptors (Lipinski definition) is 3. The van der Waals surface area contributed by atoms with Crippen molar-refractivity contribution in [1.82, 2.24) is 0 Å². The molecule has 3 rings (SSSR count). The molecule has 3 nitrogen and oxygen atoms in total. The van der Waals surface area contributed by atoms with Gasteiger partial charge in [0.25, 0.3) is 11.8 Å². The average Bonchev–Trinajstić information content (AvgIpc) is 2.72. The third-order valence-corrected chi connectivity index (χ3v) is 3.87. The lowest BCUT2D eigenvalue weighted by molar-refractivity contribution is 0.0926. The predicted molar refractivity (Wildman–Crippen MR) is 75.8 cm³/mol. The van der Waals surface area contributed by atoms with Crippen LogP contribution in [-0.4, -0.2) is 18.1 Å². The highest BCUT2D eigenvalue weighted by Gasteiger charge is 2.36. The summed E-state index contributed by atoms with van der Waals surface area (Å²) in [6, 6.07) is 14.3. The van der Waals surface area contributed by atoms with Gasteiger partial charge in [-0.05, 0) is 42.7 Å². The SMILES string of the molecule is CSc1ccc(N2C(=O)c3ccccc3C2=O)cc1. The van der Waals surface area contributed by atoms with E-state index in [1.54, 1.807) is 48.2 Å². The molecule has 2 aromatic rings. The Morgan fingerprint density at radius 1 is 0.842 bits per heavy atom. The highest BCUT2D eigenvalue weighted by atomic mass is 32.2. The molecule has 4 heteroatoms. The largest absolute Gasteiger partial charge is 0.268 e. The van der Waals surface area contributed by atoms with E-state index in [1.807, 2.05) is 18.4 Å². The molecule has 2 aromatic carbocycles. The molecule has 0 saturated carbocycles. The summed E-state index contributed by atoms with van der Waals surface area (Å²) in [5, 5.41) is 0.